The summed E-state index contributed by atoms with van der Waals surface area (Å²) in [6, 6.07) is 3.93. The van der Waals surface area contributed by atoms with E-state index in [4.69, 9.17) is 0 Å². The van der Waals surface area contributed by atoms with E-state index >= 15 is 0 Å². The first-order valence-corrected chi connectivity index (χ1v) is 4.31. The molecule has 3 rings (SSSR count). The maximum atomic E-state index is 11.7. The highest BCUT2D eigenvalue weighted by Gasteiger charge is 2.54. The lowest BCUT2D eigenvalue weighted by atomic mass is 10.0. The number of pyridine rings is 1. The van der Waals surface area contributed by atoms with Crippen molar-refractivity contribution in [2.45, 2.75) is 19.3 Å². The Bertz CT molecular complexity index is 366. The van der Waals surface area contributed by atoms with Crippen LogP contribution < -0.4 is 0 Å². The van der Waals surface area contributed by atoms with Gasteiger partial charge in [-0.2, -0.15) is 0 Å². The molecule has 0 saturated heterocycles. The molecule has 2 heteroatoms. The first kappa shape index (κ1) is 6.35. The summed E-state index contributed by atoms with van der Waals surface area (Å²) < 4.78 is 0. The minimum Gasteiger partial charge on any atom is -0.292 e. The maximum absolute atomic E-state index is 11.7. The standard InChI is InChI=1S/C10H9NO/c12-9-8-7(2-1-5-11-8)6-10(9)3-4-10/h1-2,5H,3-4,6H2. The predicted molar refractivity (Wildman–Crippen MR) is 43.9 cm³/mol. The third kappa shape index (κ3) is 0.607. The van der Waals surface area contributed by atoms with Crippen LogP contribution in [-0.2, 0) is 6.42 Å². The molecule has 0 aliphatic heterocycles. The largest absolute Gasteiger partial charge is 0.292 e. The summed E-state index contributed by atoms with van der Waals surface area (Å²) >= 11 is 0. The van der Waals surface area contributed by atoms with Gasteiger partial charge >= 0.3 is 0 Å². The summed E-state index contributed by atoms with van der Waals surface area (Å²) in [6.07, 6.45) is 4.79. The van der Waals surface area contributed by atoms with Gasteiger partial charge in [0.15, 0.2) is 5.78 Å². The Morgan fingerprint density at radius 2 is 2.25 bits per heavy atom. The van der Waals surface area contributed by atoms with Gasteiger partial charge in [-0.25, -0.2) is 0 Å². The molecular weight excluding hydrogens is 150 g/mol. The molecule has 0 unspecified atom stereocenters. The highest BCUT2D eigenvalue weighted by Crippen LogP contribution is 2.54. The fourth-order valence-electron chi connectivity index (χ4n) is 2.04. The molecule has 1 spiro atoms. The van der Waals surface area contributed by atoms with Crippen LogP contribution in [0.1, 0.15) is 28.9 Å². The number of ketones is 1. The average Bonchev–Trinajstić information content (AvgIpc) is 2.79. The van der Waals surface area contributed by atoms with Crippen molar-refractivity contribution >= 4 is 5.78 Å². The van der Waals surface area contributed by atoms with Gasteiger partial charge in [0.25, 0.3) is 0 Å². The first-order chi connectivity index (χ1) is 5.82. The van der Waals surface area contributed by atoms with Crippen molar-refractivity contribution in [2.24, 2.45) is 5.41 Å². The zero-order valence-electron chi connectivity index (χ0n) is 6.71. The molecule has 0 radical (unpaired) electrons. The number of rotatable bonds is 0. The molecule has 60 valence electrons. The van der Waals surface area contributed by atoms with E-state index < -0.39 is 0 Å². The smallest absolute Gasteiger partial charge is 0.187 e. The molecular formula is C10H9NO. The van der Waals surface area contributed by atoms with Gasteiger partial charge in [0.2, 0.25) is 0 Å². The average molecular weight is 159 g/mol. The number of nitrogens with zero attached hydrogens (tertiary/aromatic N) is 1. The molecule has 0 bridgehead atoms. The summed E-state index contributed by atoms with van der Waals surface area (Å²) in [5.74, 6) is 0.290. The Kier molecular flexibility index (Phi) is 0.932. The van der Waals surface area contributed by atoms with Crippen LogP contribution in [0.25, 0.3) is 0 Å². The van der Waals surface area contributed by atoms with Crippen LogP contribution >= 0.6 is 0 Å². The van der Waals surface area contributed by atoms with E-state index in [1.54, 1.807) is 6.20 Å². The Balaban J connectivity index is 2.19. The Labute approximate surface area is 70.6 Å². The number of hydrogen-bond donors (Lipinski definition) is 0. The molecule has 2 aliphatic carbocycles. The van der Waals surface area contributed by atoms with E-state index in [1.807, 2.05) is 12.1 Å². The van der Waals surface area contributed by atoms with E-state index in [1.165, 1.54) is 0 Å². The van der Waals surface area contributed by atoms with Gasteiger partial charge in [-0.1, -0.05) is 6.07 Å². The normalized spacial score (nSPS) is 22.8. The molecule has 0 N–H and O–H groups in total. The molecule has 1 fully saturated rings. The van der Waals surface area contributed by atoms with Gasteiger partial charge in [0.1, 0.15) is 5.69 Å². The fourth-order valence-corrected chi connectivity index (χ4v) is 2.04. The Morgan fingerprint density at radius 1 is 1.42 bits per heavy atom. The minimum atomic E-state index is 0.0106. The predicted octanol–water partition coefficient (Wildman–Crippen LogP) is 1.60. The second-order valence-corrected chi connectivity index (χ2v) is 3.80. The van der Waals surface area contributed by atoms with E-state index in [0.717, 1.165) is 30.5 Å². The maximum Gasteiger partial charge on any atom is 0.187 e. The van der Waals surface area contributed by atoms with Crippen LogP contribution in [0.15, 0.2) is 18.3 Å². The van der Waals surface area contributed by atoms with Crippen molar-refractivity contribution in [1.82, 2.24) is 4.98 Å². The molecule has 1 saturated carbocycles. The number of Topliss-reactive ketones (excluding diaryl/α,β-unsaturated/α-hetero) is 1. The third-order valence-electron chi connectivity index (χ3n) is 2.97. The lowest BCUT2D eigenvalue weighted by Crippen LogP contribution is -2.09. The topological polar surface area (TPSA) is 30.0 Å². The molecule has 1 aromatic rings. The quantitative estimate of drug-likeness (QED) is 0.575. The Hall–Kier alpha value is -1.18. The van der Waals surface area contributed by atoms with Crippen molar-refractivity contribution in [2.75, 3.05) is 0 Å². The van der Waals surface area contributed by atoms with E-state index in [2.05, 4.69) is 4.98 Å². The van der Waals surface area contributed by atoms with Crippen LogP contribution in [0.3, 0.4) is 0 Å². The minimum absolute atomic E-state index is 0.0106. The zero-order valence-corrected chi connectivity index (χ0v) is 6.71. The van der Waals surface area contributed by atoms with Crippen molar-refractivity contribution in [3.63, 3.8) is 0 Å². The number of fused-ring (bicyclic) bond motifs is 1. The van der Waals surface area contributed by atoms with Gasteiger partial charge < -0.3 is 0 Å². The van der Waals surface area contributed by atoms with Crippen LogP contribution in [0.2, 0.25) is 0 Å². The van der Waals surface area contributed by atoms with Crippen LogP contribution in [-0.4, -0.2) is 10.8 Å². The molecule has 0 amide bonds. The van der Waals surface area contributed by atoms with E-state index in [9.17, 15) is 4.79 Å². The molecule has 1 heterocycles. The summed E-state index contributed by atoms with van der Waals surface area (Å²) in [5.41, 5.74) is 1.89. The molecule has 0 aromatic carbocycles. The number of carbonyl (C=O) groups is 1. The van der Waals surface area contributed by atoms with Gasteiger partial charge in [0.05, 0.1) is 0 Å². The van der Waals surface area contributed by atoms with Gasteiger partial charge in [-0.3, -0.25) is 9.78 Å². The summed E-state index contributed by atoms with van der Waals surface area (Å²) in [5, 5.41) is 0. The number of hydrogen-bond acceptors (Lipinski definition) is 2. The SMILES string of the molecule is O=C1c2ncccc2CC12CC2. The lowest BCUT2D eigenvalue weighted by Gasteiger charge is -1.97. The number of carbonyl (C=O) groups excluding carboxylic acids is 1. The molecule has 2 aliphatic rings. The zero-order chi connectivity index (χ0) is 8.18. The van der Waals surface area contributed by atoms with Crippen LogP contribution in [0.5, 0.6) is 0 Å². The highest BCUT2D eigenvalue weighted by molar-refractivity contribution is 6.04. The van der Waals surface area contributed by atoms with Crippen molar-refractivity contribution in [3.05, 3.63) is 29.6 Å². The van der Waals surface area contributed by atoms with Gasteiger partial charge in [-0.15, -0.1) is 0 Å². The third-order valence-corrected chi connectivity index (χ3v) is 2.97. The molecule has 12 heavy (non-hydrogen) atoms. The van der Waals surface area contributed by atoms with Crippen molar-refractivity contribution in [1.29, 1.82) is 0 Å². The lowest BCUT2D eigenvalue weighted by molar-refractivity contribution is 0.0915. The van der Waals surface area contributed by atoms with Crippen LogP contribution in [0.4, 0.5) is 0 Å². The van der Waals surface area contributed by atoms with E-state index in [0.29, 0.717) is 0 Å². The summed E-state index contributed by atoms with van der Waals surface area (Å²) in [7, 11) is 0. The van der Waals surface area contributed by atoms with Crippen LogP contribution in [0, 0.1) is 5.41 Å². The van der Waals surface area contributed by atoms with Gasteiger partial charge in [-0.05, 0) is 30.9 Å². The van der Waals surface area contributed by atoms with Gasteiger partial charge in [0, 0.05) is 11.6 Å². The summed E-state index contributed by atoms with van der Waals surface area (Å²) in [6.45, 7) is 0. The highest BCUT2D eigenvalue weighted by atomic mass is 16.1. The molecule has 2 nitrogen and oxygen atoms in total. The monoisotopic (exact) mass is 159 g/mol. The fraction of sp³-hybridized carbons (Fsp3) is 0.400. The molecule has 0 atom stereocenters. The molecule has 1 aromatic heterocycles. The number of aromatic nitrogens is 1. The Morgan fingerprint density at radius 3 is 2.92 bits per heavy atom. The first-order valence-electron chi connectivity index (χ1n) is 4.31. The second-order valence-electron chi connectivity index (χ2n) is 3.80. The second kappa shape index (κ2) is 1.76. The summed E-state index contributed by atoms with van der Waals surface area (Å²) in [4.78, 5) is 15.8. The van der Waals surface area contributed by atoms with Crippen molar-refractivity contribution < 1.29 is 4.79 Å². The van der Waals surface area contributed by atoms with Crippen molar-refractivity contribution in [3.8, 4) is 0 Å². The van der Waals surface area contributed by atoms with E-state index in [-0.39, 0.29) is 11.2 Å².